The molecule has 0 radical (unpaired) electrons. The second-order valence-corrected chi connectivity index (χ2v) is 12.5. The molecule has 0 unspecified atom stereocenters. The maximum absolute atomic E-state index is 13.2. The average Bonchev–Trinajstić information content (AvgIpc) is 3.62. The average molecular weight is 564 g/mol. The normalized spacial score (nSPS) is 15.5. The fourth-order valence-corrected chi connectivity index (χ4v) is 6.59. The summed E-state index contributed by atoms with van der Waals surface area (Å²) in [6.45, 7) is 5.99. The molecule has 1 aliphatic rings. The Kier molecular flexibility index (Phi) is 7.13. The van der Waals surface area contributed by atoms with Gasteiger partial charge in [-0.25, -0.2) is 17.4 Å². The molecule has 202 valence electrons. The first-order valence-corrected chi connectivity index (χ1v) is 15.3. The molecular weight excluding hydrogens is 534 g/mol. The van der Waals surface area contributed by atoms with E-state index < -0.39 is 16.1 Å². The Balaban J connectivity index is 1.31. The van der Waals surface area contributed by atoms with Gasteiger partial charge in [0.1, 0.15) is 6.04 Å². The molecule has 1 atom stereocenters. The molecule has 0 spiro atoms. The van der Waals surface area contributed by atoms with Crippen molar-refractivity contribution in [2.24, 2.45) is 0 Å². The Hall–Kier alpha value is -3.83. The Morgan fingerprint density at radius 1 is 1.00 bits per heavy atom. The van der Waals surface area contributed by atoms with Crippen molar-refractivity contribution in [1.82, 2.24) is 18.8 Å². The molecule has 1 fully saturated rings. The third-order valence-corrected chi connectivity index (χ3v) is 8.56. The molecule has 0 aliphatic carbocycles. The summed E-state index contributed by atoms with van der Waals surface area (Å²) in [7, 11) is -3.53. The van der Waals surface area contributed by atoms with Gasteiger partial charge in [0, 0.05) is 40.8 Å². The zero-order valence-corrected chi connectivity index (χ0v) is 23.8. The van der Waals surface area contributed by atoms with Crippen molar-refractivity contribution in [3.05, 3.63) is 76.7 Å². The van der Waals surface area contributed by atoms with Gasteiger partial charge in [-0.2, -0.15) is 0 Å². The first-order chi connectivity index (χ1) is 18.5. The predicted octanol–water partition coefficient (Wildman–Crippen LogP) is 4.65. The highest BCUT2D eigenvalue weighted by atomic mass is 32.2. The zero-order chi connectivity index (χ0) is 27.9. The summed E-state index contributed by atoms with van der Waals surface area (Å²) in [5.74, 6) is -0.672. The van der Waals surface area contributed by atoms with Crippen molar-refractivity contribution < 1.29 is 18.0 Å². The topological polar surface area (TPSA) is 114 Å². The lowest BCUT2D eigenvalue weighted by Crippen LogP contribution is -2.43. The fraction of sp³-hybridized carbons (Fsp3) is 0.286. The molecule has 0 bridgehead atoms. The molecule has 9 nitrogen and oxygen atoms in total. The summed E-state index contributed by atoms with van der Waals surface area (Å²) in [5, 5.41) is 5.23. The molecule has 4 aromatic rings. The number of amides is 2. The monoisotopic (exact) mass is 563 g/mol. The summed E-state index contributed by atoms with van der Waals surface area (Å²) in [4.78, 5) is 37.0. The molecule has 11 heteroatoms. The van der Waals surface area contributed by atoms with Crippen LogP contribution in [0, 0.1) is 20.8 Å². The number of aromatic nitrogens is 3. The van der Waals surface area contributed by atoms with Crippen molar-refractivity contribution in [2.75, 3.05) is 18.1 Å². The molecule has 1 saturated heterocycles. The minimum atomic E-state index is -3.53. The van der Waals surface area contributed by atoms with E-state index >= 15 is 0 Å². The third kappa shape index (κ3) is 5.64. The number of carbonyl (C=O) groups excluding carboxylic acids is 2. The number of rotatable bonds is 6. The molecule has 1 aromatic carbocycles. The molecular formula is C28H29N5O4S2. The minimum Gasteiger partial charge on any atom is -0.327 e. The summed E-state index contributed by atoms with van der Waals surface area (Å²) in [5.41, 5.74) is 6.41. The van der Waals surface area contributed by atoms with Crippen LogP contribution in [0.5, 0.6) is 0 Å². The maximum atomic E-state index is 13.2. The summed E-state index contributed by atoms with van der Waals surface area (Å²) in [6, 6.07) is 13.0. The third-order valence-electron chi connectivity index (χ3n) is 6.70. The number of nitrogens with one attached hydrogen (secondary N) is 1. The van der Waals surface area contributed by atoms with Crippen LogP contribution in [0.1, 0.15) is 40.3 Å². The first-order valence-electron chi connectivity index (χ1n) is 12.5. The highest BCUT2D eigenvalue weighted by Crippen LogP contribution is 2.30. The van der Waals surface area contributed by atoms with Gasteiger partial charge < -0.3 is 10.2 Å². The van der Waals surface area contributed by atoms with E-state index in [4.69, 9.17) is 0 Å². The lowest BCUT2D eigenvalue weighted by Gasteiger charge is -2.23. The largest absolute Gasteiger partial charge is 0.327 e. The molecule has 1 N–H and O–H groups in total. The predicted molar refractivity (Wildman–Crippen MR) is 152 cm³/mol. The van der Waals surface area contributed by atoms with Gasteiger partial charge in [0.05, 0.1) is 17.5 Å². The van der Waals surface area contributed by atoms with Crippen molar-refractivity contribution in [2.45, 2.75) is 39.7 Å². The summed E-state index contributed by atoms with van der Waals surface area (Å²) < 4.78 is 25.0. The number of pyridine rings is 1. The van der Waals surface area contributed by atoms with Crippen molar-refractivity contribution >= 4 is 38.3 Å². The van der Waals surface area contributed by atoms with E-state index in [9.17, 15) is 18.0 Å². The quantitative estimate of drug-likeness (QED) is 0.365. The molecule has 2 amide bonds. The van der Waals surface area contributed by atoms with Crippen LogP contribution < -0.4 is 5.32 Å². The molecule has 1 aliphatic heterocycles. The fourth-order valence-electron chi connectivity index (χ4n) is 4.99. The van der Waals surface area contributed by atoms with Gasteiger partial charge in [-0.3, -0.25) is 14.6 Å². The van der Waals surface area contributed by atoms with Gasteiger partial charge in [-0.05, 0) is 69.0 Å². The van der Waals surface area contributed by atoms with E-state index in [0.717, 1.165) is 44.0 Å². The summed E-state index contributed by atoms with van der Waals surface area (Å²) >= 11 is 1.33. The molecule has 5 rings (SSSR count). The van der Waals surface area contributed by atoms with Crippen LogP contribution in [0.4, 0.5) is 5.13 Å². The number of carbonyl (C=O) groups is 2. The number of thiazole rings is 1. The van der Waals surface area contributed by atoms with Crippen LogP contribution in [-0.2, 0) is 14.8 Å². The zero-order valence-electron chi connectivity index (χ0n) is 22.1. The van der Waals surface area contributed by atoms with Crippen molar-refractivity contribution in [1.29, 1.82) is 0 Å². The highest BCUT2D eigenvalue weighted by molar-refractivity contribution is 7.89. The SMILES string of the molecule is Cc1cc(-c2cccc(-c3csc(NC(=O)[C@@H]4CCCN4C(=O)c4cc(C)n(S(C)(=O)=O)c4)n3)c2)cc(C)n1. The first kappa shape index (κ1) is 26.8. The number of nitrogens with zero attached hydrogens (tertiary/aromatic N) is 4. The number of hydrogen-bond acceptors (Lipinski definition) is 7. The second-order valence-electron chi connectivity index (χ2n) is 9.83. The van der Waals surface area contributed by atoms with Crippen LogP contribution in [-0.4, -0.2) is 57.9 Å². The number of hydrogen-bond donors (Lipinski definition) is 1. The van der Waals surface area contributed by atoms with Crippen molar-refractivity contribution in [3.8, 4) is 22.4 Å². The second kappa shape index (κ2) is 10.4. The van der Waals surface area contributed by atoms with Crippen LogP contribution in [0.15, 0.2) is 54.0 Å². The maximum Gasteiger partial charge on any atom is 0.256 e. The molecule has 0 saturated carbocycles. The Bertz CT molecular complexity index is 1670. The molecule has 3 aromatic heterocycles. The van der Waals surface area contributed by atoms with E-state index in [1.54, 1.807) is 6.92 Å². The van der Waals surface area contributed by atoms with Gasteiger partial charge in [-0.15, -0.1) is 11.3 Å². The van der Waals surface area contributed by atoms with E-state index in [-0.39, 0.29) is 17.4 Å². The number of likely N-dealkylation sites (tertiary alicyclic amines) is 1. The molecule has 4 heterocycles. The Morgan fingerprint density at radius 2 is 1.72 bits per heavy atom. The number of benzene rings is 1. The van der Waals surface area contributed by atoms with Crippen LogP contribution in [0.2, 0.25) is 0 Å². The van der Waals surface area contributed by atoms with E-state index in [1.165, 1.54) is 28.5 Å². The van der Waals surface area contributed by atoms with Gasteiger partial charge in [0.15, 0.2) is 5.13 Å². The lowest BCUT2D eigenvalue weighted by molar-refractivity contribution is -0.119. The lowest BCUT2D eigenvalue weighted by atomic mass is 10.0. The van der Waals surface area contributed by atoms with Crippen LogP contribution in [0.3, 0.4) is 0 Å². The van der Waals surface area contributed by atoms with E-state index in [1.807, 2.05) is 49.6 Å². The number of anilines is 1. The summed E-state index contributed by atoms with van der Waals surface area (Å²) in [6.07, 6.45) is 3.60. The van der Waals surface area contributed by atoms with Gasteiger partial charge in [0.2, 0.25) is 15.9 Å². The minimum absolute atomic E-state index is 0.244. The van der Waals surface area contributed by atoms with Gasteiger partial charge in [0.25, 0.3) is 5.91 Å². The smallest absolute Gasteiger partial charge is 0.256 e. The van der Waals surface area contributed by atoms with Crippen LogP contribution in [0.25, 0.3) is 22.4 Å². The van der Waals surface area contributed by atoms with Crippen LogP contribution >= 0.6 is 11.3 Å². The van der Waals surface area contributed by atoms with Crippen molar-refractivity contribution in [3.63, 3.8) is 0 Å². The van der Waals surface area contributed by atoms with Gasteiger partial charge >= 0.3 is 0 Å². The van der Waals surface area contributed by atoms with Gasteiger partial charge in [-0.1, -0.05) is 18.2 Å². The van der Waals surface area contributed by atoms with E-state index in [2.05, 4.69) is 21.4 Å². The number of aryl methyl sites for hydroxylation is 3. The standard InChI is InChI=1S/C28H29N5O4S2/c1-17-11-22(12-18(2)29-17)20-7-5-8-21(14-20)24-16-38-28(30-24)31-26(34)25-9-6-10-32(25)27(35)23-13-19(3)33(15-23)39(4,36)37/h5,7-8,11-16,25H,6,9-10H2,1-4H3,(H,30,31,34)/t25-/m0/s1. The highest BCUT2D eigenvalue weighted by Gasteiger charge is 2.35. The Morgan fingerprint density at radius 3 is 2.41 bits per heavy atom. The van der Waals surface area contributed by atoms with E-state index in [0.29, 0.717) is 30.2 Å². The molecule has 39 heavy (non-hydrogen) atoms. The Labute approximate surface area is 231 Å².